The van der Waals surface area contributed by atoms with Gasteiger partial charge in [-0.2, -0.15) is 0 Å². The smallest absolute Gasteiger partial charge is 0.222 e. The van der Waals surface area contributed by atoms with Crippen LogP contribution in [0.2, 0.25) is 0 Å². The number of fused-ring (bicyclic) bond motifs is 1. The molecule has 3 aliphatic rings. The number of likely N-dealkylation sites (tertiary alicyclic amines) is 1. The van der Waals surface area contributed by atoms with Gasteiger partial charge in [-0.15, -0.1) is 0 Å². The zero-order valence-corrected chi connectivity index (χ0v) is 13.4. The Hall–Kier alpha value is -0.570. The van der Waals surface area contributed by atoms with Crippen LogP contribution in [0.3, 0.4) is 0 Å². The van der Waals surface area contributed by atoms with Crippen LogP contribution in [-0.2, 0) is 4.79 Å². The Morgan fingerprint density at radius 1 is 1.05 bits per heavy atom. The number of rotatable bonds is 3. The van der Waals surface area contributed by atoms with Gasteiger partial charge in [-0.25, -0.2) is 0 Å². The lowest BCUT2D eigenvalue weighted by atomic mass is 9.71. The monoisotopic (exact) mass is 293 g/mol. The van der Waals surface area contributed by atoms with E-state index >= 15 is 0 Å². The Bertz CT molecular complexity index is 364. The molecule has 0 spiro atoms. The minimum absolute atomic E-state index is 0.332. The van der Waals surface area contributed by atoms with E-state index in [9.17, 15) is 9.90 Å². The highest BCUT2D eigenvalue weighted by Crippen LogP contribution is 2.40. The molecule has 1 heterocycles. The van der Waals surface area contributed by atoms with Crippen molar-refractivity contribution in [2.75, 3.05) is 13.1 Å². The van der Waals surface area contributed by atoms with Gasteiger partial charge in [0.2, 0.25) is 5.91 Å². The molecule has 3 fully saturated rings. The van der Waals surface area contributed by atoms with Crippen molar-refractivity contribution in [1.29, 1.82) is 0 Å². The van der Waals surface area contributed by atoms with Crippen molar-refractivity contribution >= 4 is 5.91 Å². The lowest BCUT2D eigenvalue weighted by molar-refractivity contribution is -0.143. The molecular weight excluding hydrogens is 262 g/mol. The van der Waals surface area contributed by atoms with Gasteiger partial charge in [0, 0.05) is 25.4 Å². The van der Waals surface area contributed by atoms with Crippen LogP contribution in [-0.4, -0.2) is 34.6 Å². The highest BCUT2D eigenvalue weighted by molar-refractivity contribution is 5.76. The second kappa shape index (κ2) is 6.68. The molecule has 2 unspecified atom stereocenters. The minimum Gasteiger partial charge on any atom is -0.389 e. The van der Waals surface area contributed by atoms with Crippen LogP contribution >= 0.6 is 0 Å². The molecule has 0 aromatic heterocycles. The molecule has 21 heavy (non-hydrogen) atoms. The summed E-state index contributed by atoms with van der Waals surface area (Å²) in [7, 11) is 0. The molecule has 0 bridgehead atoms. The number of carbonyl (C=O) groups excluding carboxylic acids is 1. The summed E-state index contributed by atoms with van der Waals surface area (Å²) >= 11 is 0. The number of hydrogen-bond donors (Lipinski definition) is 1. The summed E-state index contributed by atoms with van der Waals surface area (Å²) in [6, 6.07) is 0. The topological polar surface area (TPSA) is 40.5 Å². The molecule has 3 rings (SSSR count). The second-order valence-corrected chi connectivity index (χ2v) is 7.68. The summed E-state index contributed by atoms with van der Waals surface area (Å²) < 4.78 is 0. The van der Waals surface area contributed by atoms with Gasteiger partial charge in [0.15, 0.2) is 0 Å². The first kappa shape index (κ1) is 15.3. The van der Waals surface area contributed by atoms with E-state index < -0.39 is 5.60 Å². The van der Waals surface area contributed by atoms with E-state index in [4.69, 9.17) is 0 Å². The molecule has 2 aliphatic carbocycles. The summed E-state index contributed by atoms with van der Waals surface area (Å²) in [5, 5.41) is 10.7. The molecular formula is C18H31NO2. The van der Waals surface area contributed by atoms with Gasteiger partial charge in [-0.1, -0.05) is 44.9 Å². The lowest BCUT2D eigenvalue weighted by Gasteiger charge is -2.47. The van der Waals surface area contributed by atoms with Crippen molar-refractivity contribution in [2.45, 2.75) is 82.7 Å². The first-order valence-electron chi connectivity index (χ1n) is 9.17. The molecule has 1 N–H and O–H groups in total. The molecule has 1 aliphatic heterocycles. The number of nitrogens with zero attached hydrogens (tertiary/aromatic N) is 1. The highest BCUT2D eigenvalue weighted by Gasteiger charge is 2.43. The number of carbonyl (C=O) groups is 1. The lowest BCUT2D eigenvalue weighted by Crippen LogP contribution is -2.54. The average molecular weight is 293 g/mol. The summed E-state index contributed by atoms with van der Waals surface area (Å²) in [5.74, 6) is 1.46. The second-order valence-electron chi connectivity index (χ2n) is 7.68. The van der Waals surface area contributed by atoms with Crippen LogP contribution in [0.25, 0.3) is 0 Å². The largest absolute Gasteiger partial charge is 0.389 e. The van der Waals surface area contributed by atoms with E-state index in [0.717, 1.165) is 57.5 Å². The van der Waals surface area contributed by atoms with E-state index in [1.54, 1.807) is 0 Å². The molecule has 0 aromatic rings. The molecule has 1 amide bonds. The molecule has 0 aromatic carbocycles. The molecule has 3 heteroatoms. The van der Waals surface area contributed by atoms with E-state index in [1.807, 2.05) is 4.90 Å². The van der Waals surface area contributed by atoms with Crippen LogP contribution in [0.1, 0.15) is 77.0 Å². The Balaban J connectivity index is 1.47. The van der Waals surface area contributed by atoms with Crippen molar-refractivity contribution in [3.8, 4) is 0 Å². The fourth-order valence-corrected chi connectivity index (χ4v) is 4.76. The maximum Gasteiger partial charge on any atom is 0.222 e. The maximum atomic E-state index is 12.5. The van der Waals surface area contributed by atoms with Crippen LogP contribution < -0.4 is 0 Å². The highest BCUT2D eigenvalue weighted by atomic mass is 16.3. The maximum absolute atomic E-state index is 12.5. The number of aliphatic hydroxyl groups is 1. The van der Waals surface area contributed by atoms with E-state index in [1.165, 1.54) is 38.5 Å². The van der Waals surface area contributed by atoms with Gasteiger partial charge in [-0.3, -0.25) is 4.79 Å². The molecule has 120 valence electrons. The zero-order chi connectivity index (χ0) is 14.7. The van der Waals surface area contributed by atoms with Gasteiger partial charge >= 0.3 is 0 Å². The van der Waals surface area contributed by atoms with Gasteiger partial charge < -0.3 is 10.0 Å². The summed E-state index contributed by atoms with van der Waals surface area (Å²) in [6.07, 6.45) is 13.8. The average Bonchev–Trinajstić information content (AvgIpc) is 2.52. The van der Waals surface area contributed by atoms with Crippen molar-refractivity contribution < 1.29 is 9.90 Å². The predicted octanol–water partition coefficient (Wildman–Crippen LogP) is 3.50. The molecule has 0 radical (unpaired) electrons. The summed E-state index contributed by atoms with van der Waals surface area (Å²) in [5.41, 5.74) is -0.460. The molecule has 2 saturated carbocycles. The Morgan fingerprint density at radius 3 is 2.62 bits per heavy atom. The van der Waals surface area contributed by atoms with Crippen LogP contribution in [0, 0.1) is 11.8 Å². The Labute approximate surface area is 129 Å². The Morgan fingerprint density at radius 2 is 1.81 bits per heavy atom. The third kappa shape index (κ3) is 3.61. The quantitative estimate of drug-likeness (QED) is 0.865. The van der Waals surface area contributed by atoms with Gasteiger partial charge in [-0.05, 0) is 31.6 Å². The van der Waals surface area contributed by atoms with E-state index in [2.05, 4.69) is 0 Å². The van der Waals surface area contributed by atoms with Gasteiger partial charge in [0.1, 0.15) is 0 Å². The van der Waals surface area contributed by atoms with Crippen LogP contribution in [0.5, 0.6) is 0 Å². The van der Waals surface area contributed by atoms with Crippen molar-refractivity contribution in [1.82, 2.24) is 4.90 Å². The normalized spacial score (nSPS) is 34.5. The first-order valence-corrected chi connectivity index (χ1v) is 9.17. The third-order valence-electron chi connectivity index (χ3n) is 6.27. The van der Waals surface area contributed by atoms with Crippen molar-refractivity contribution in [3.63, 3.8) is 0 Å². The van der Waals surface area contributed by atoms with Gasteiger partial charge in [0.25, 0.3) is 0 Å². The van der Waals surface area contributed by atoms with Gasteiger partial charge in [0.05, 0.1) is 5.60 Å². The minimum atomic E-state index is -0.460. The fraction of sp³-hybridized carbons (Fsp3) is 0.944. The Kier molecular flexibility index (Phi) is 4.88. The fourth-order valence-electron chi connectivity index (χ4n) is 4.76. The molecule has 3 nitrogen and oxygen atoms in total. The molecule has 1 saturated heterocycles. The standard InChI is InChI=1S/C18H31NO2/c20-17(10-9-15-6-2-1-3-7-15)19-13-12-18(21)11-5-4-8-16(18)14-19/h15-16,21H,1-14H2. The summed E-state index contributed by atoms with van der Waals surface area (Å²) in [4.78, 5) is 14.5. The predicted molar refractivity (Wildman–Crippen MR) is 83.9 cm³/mol. The van der Waals surface area contributed by atoms with Crippen molar-refractivity contribution in [2.24, 2.45) is 11.8 Å². The van der Waals surface area contributed by atoms with E-state index in [0.29, 0.717) is 11.8 Å². The third-order valence-corrected chi connectivity index (χ3v) is 6.27. The summed E-state index contributed by atoms with van der Waals surface area (Å²) in [6.45, 7) is 1.58. The number of piperidine rings is 1. The number of amides is 1. The molecule has 2 atom stereocenters. The SMILES string of the molecule is O=C(CCC1CCCCC1)N1CCC2(O)CCCCC2C1. The zero-order valence-electron chi connectivity index (χ0n) is 13.4. The first-order chi connectivity index (χ1) is 10.2. The van der Waals surface area contributed by atoms with E-state index in [-0.39, 0.29) is 0 Å². The number of hydrogen-bond acceptors (Lipinski definition) is 2. The van der Waals surface area contributed by atoms with Crippen molar-refractivity contribution in [3.05, 3.63) is 0 Å². The van der Waals surface area contributed by atoms with Crippen LogP contribution in [0.4, 0.5) is 0 Å². The van der Waals surface area contributed by atoms with Crippen LogP contribution in [0.15, 0.2) is 0 Å².